The lowest BCUT2D eigenvalue weighted by atomic mass is 9.99. The van der Waals surface area contributed by atoms with Crippen LogP contribution in [0.25, 0.3) is 0 Å². The molecule has 0 spiro atoms. The number of ether oxygens (including phenoxy) is 1. The van der Waals surface area contributed by atoms with Gasteiger partial charge < -0.3 is 15.0 Å². The Balaban J connectivity index is 1.81. The molecule has 2 fully saturated rings. The number of rotatable bonds is 3. The van der Waals surface area contributed by atoms with Gasteiger partial charge in [0, 0.05) is 38.2 Å². The number of piperazine rings is 1. The van der Waals surface area contributed by atoms with Gasteiger partial charge in [0.15, 0.2) is 0 Å². The van der Waals surface area contributed by atoms with Gasteiger partial charge in [-0.25, -0.2) is 0 Å². The summed E-state index contributed by atoms with van der Waals surface area (Å²) < 4.78 is 5.56. The average Bonchev–Trinajstić information content (AvgIpc) is 2.78. The maximum atomic E-state index is 12.2. The van der Waals surface area contributed by atoms with Crippen molar-refractivity contribution in [1.82, 2.24) is 10.2 Å². The van der Waals surface area contributed by atoms with Gasteiger partial charge in [0.2, 0.25) is 5.91 Å². The fourth-order valence-corrected chi connectivity index (χ4v) is 2.74. The number of nitrogens with zero attached hydrogens (tertiary/aromatic N) is 1. The number of hydrogen-bond donors (Lipinski definition) is 1. The third-order valence-corrected chi connectivity index (χ3v) is 3.81. The zero-order chi connectivity index (χ0) is 12.3. The van der Waals surface area contributed by atoms with Crippen LogP contribution in [-0.2, 0) is 9.53 Å². The van der Waals surface area contributed by atoms with E-state index in [2.05, 4.69) is 19.2 Å². The van der Waals surface area contributed by atoms with E-state index >= 15 is 0 Å². The molecule has 0 aliphatic carbocycles. The molecular weight excluding hydrogens is 216 g/mol. The molecule has 2 saturated heterocycles. The van der Waals surface area contributed by atoms with E-state index in [9.17, 15) is 4.79 Å². The first-order valence-corrected chi connectivity index (χ1v) is 6.72. The first-order valence-electron chi connectivity index (χ1n) is 6.72. The van der Waals surface area contributed by atoms with Gasteiger partial charge in [-0.05, 0) is 33.1 Å². The molecule has 17 heavy (non-hydrogen) atoms. The predicted octanol–water partition coefficient (Wildman–Crippen LogP) is 1.16. The van der Waals surface area contributed by atoms with E-state index in [1.165, 1.54) is 0 Å². The highest BCUT2D eigenvalue weighted by molar-refractivity contribution is 5.77. The Morgan fingerprint density at radius 3 is 3.00 bits per heavy atom. The van der Waals surface area contributed by atoms with Crippen LogP contribution < -0.4 is 5.32 Å². The SMILES string of the molecule is CC1(C)CNCCN1C(=O)CCC1CCCO1. The minimum atomic E-state index is -0.0497. The maximum Gasteiger partial charge on any atom is 0.223 e. The summed E-state index contributed by atoms with van der Waals surface area (Å²) in [5, 5.41) is 3.34. The summed E-state index contributed by atoms with van der Waals surface area (Å²) in [5.41, 5.74) is -0.0497. The highest BCUT2D eigenvalue weighted by Crippen LogP contribution is 2.21. The van der Waals surface area contributed by atoms with E-state index in [0.29, 0.717) is 12.5 Å². The zero-order valence-corrected chi connectivity index (χ0v) is 11.0. The number of hydrogen-bond acceptors (Lipinski definition) is 3. The molecule has 4 heteroatoms. The first kappa shape index (κ1) is 12.8. The Morgan fingerprint density at radius 1 is 1.53 bits per heavy atom. The molecule has 1 atom stereocenters. The predicted molar refractivity (Wildman–Crippen MR) is 66.9 cm³/mol. The van der Waals surface area contributed by atoms with Gasteiger partial charge in [-0.15, -0.1) is 0 Å². The lowest BCUT2D eigenvalue weighted by Crippen LogP contribution is -2.59. The molecule has 2 aliphatic heterocycles. The number of amides is 1. The lowest BCUT2D eigenvalue weighted by Gasteiger charge is -2.43. The summed E-state index contributed by atoms with van der Waals surface area (Å²) in [6, 6.07) is 0. The second-order valence-electron chi connectivity index (χ2n) is 5.71. The van der Waals surface area contributed by atoms with Crippen molar-refractivity contribution in [3.05, 3.63) is 0 Å². The van der Waals surface area contributed by atoms with Gasteiger partial charge in [-0.1, -0.05) is 0 Å². The fraction of sp³-hybridized carbons (Fsp3) is 0.923. The molecular formula is C13H24N2O2. The highest BCUT2D eigenvalue weighted by atomic mass is 16.5. The number of nitrogens with one attached hydrogen (secondary N) is 1. The molecule has 2 rings (SSSR count). The summed E-state index contributed by atoms with van der Waals surface area (Å²) in [7, 11) is 0. The van der Waals surface area contributed by atoms with E-state index in [1.807, 2.05) is 4.90 Å². The zero-order valence-electron chi connectivity index (χ0n) is 11.0. The van der Waals surface area contributed by atoms with E-state index in [-0.39, 0.29) is 11.4 Å². The molecule has 98 valence electrons. The Labute approximate surface area is 104 Å². The second-order valence-corrected chi connectivity index (χ2v) is 5.71. The van der Waals surface area contributed by atoms with Crippen LogP contribution in [0.15, 0.2) is 0 Å². The van der Waals surface area contributed by atoms with Crippen LogP contribution in [0.1, 0.15) is 39.5 Å². The normalized spacial score (nSPS) is 28.4. The monoisotopic (exact) mass is 240 g/mol. The van der Waals surface area contributed by atoms with Gasteiger partial charge >= 0.3 is 0 Å². The van der Waals surface area contributed by atoms with Crippen molar-refractivity contribution in [3.63, 3.8) is 0 Å². The van der Waals surface area contributed by atoms with Crippen LogP contribution in [0, 0.1) is 0 Å². The topological polar surface area (TPSA) is 41.6 Å². The Hall–Kier alpha value is -0.610. The summed E-state index contributed by atoms with van der Waals surface area (Å²) in [5.74, 6) is 0.284. The van der Waals surface area contributed by atoms with Crippen LogP contribution in [0.4, 0.5) is 0 Å². The van der Waals surface area contributed by atoms with Gasteiger partial charge in [-0.3, -0.25) is 4.79 Å². The van der Waals surface area contributed by atoms with Crippen molar-refractivity contribution in [1.29, 1.82) is 0 Å². The van der Waals surface area contributed by atoms with Crippen molar-refractivity contribution in [2.75, 3.05) is 26.2 Å². The Morgan fingerprint density at radius 2 is 2.35 bits per heavy atom. The molecule has 2 heterocycles. The second kappa shape index (κ2) is 5.36. The first-order chi connectivity index (χ1) is 8.09. The third-order valence-electron chi connectivity index (χ3n) is 3.81. The van der Waals surface area contributed by atoms with Crippen molar-refractivity contribution in [3.8, 4) is 0 Å². The van der Waals surface area contributed by atoms with Crippen molar-refractivity contribution in [2.24, 2.45) is 0 Å². The van der Waals surface area contributed by atoms with E-state index in [4.69, 9.17) is 4.74 Å². The standard InChI is InChI=1S/C13H24N2O2/c1-13(2)10-14-7-8-15(13)12(16)6-5-11-4-3-9-17-11/h11,14H,3-10H2,1-2H3. The van der Waals surface area contributed by atoms with Crippen LogP contribution in [0.2, 0.25) is 0 Å². The third kappa shape index (κ3) is 3.19. The average molecular weight is 240 g/mol. The van der Waals surface area contributed by atoms with E-state index in [1.54, 1.807) is 0 Å². The number of carbonyl (C=O) groups excluding carboxylic acids is 1. The fourth-order valence-electron chi connectivity index (χ4n) is 2.74. The van der Waals surface area contributed by atoms with Crippen LogP contribution >= 0.6 is 0 Å². The quantitative estimate of drug-likeness (QED) is 0.805. The summed E-state index contributed by atoms with van der Waals surface area (Å²) in [6.45, 7) is 7.76. The van der Waals surface area contributed by atoms with Crippen molar-refractivity contribution >= 4 is 5.91 Å². The Kier molecular flexibility index (Phi) is 4.05. The molecule has 1 N–H and O–H groups in total. The summed E-state index contributed by atoms with van der Waals surface area (Å²) in [4.78, 5) is 14.2. The van der Waals surface area contributed by atoms with E-state index < -0.39 is 0 Å². The molecule has 0 radical (unpaired) electrons. The largest absolute Gasteiger partial charge is 0.378 e. The van der Waals surface area contributed by atoms with Crippen molar-refractivity contribution in [2.45, 2.75) is 51.2 Å². The minimum Gasteiger partial charge on any atom is -0.378 e. The minimum absolute atomic E-state index is 0.0497. The Bertz CT molecular complexity index is 273. The van der Waals surface area contributed by atoms with Crippen LogP contribution in [0.3, 0.4) is 0 Å². The van der Waals surface area contributed by atoms with Gasteiger partial charge in [0.25, 0.3) is 0 Å². The molecule has 2 aliphatic rings. The van der Waals surface area contributed by atoms with Gasteiger partial charge in [0.1, 0.15) is 0 Å². The van der Waals surface area contributed by atoms with Crippen LogP contribution in [-0.4, -0.2) is 48.7 Å². The smallest absolute Gasteiger partial charge is 0.223 e. The van der Waals surface area contributed by atoms with Gasteiger partial charge in [0.05, 0.1) is 6.10 Å². The highest BCUT2D eigenvalue weighted by Gasteiger charge is 2.33. The molecule has 0 aromatic carbocycles. The van der Waals surface area contributed by atoms with E-state index in [0.717, 1.165) is 45.5 Å². The molecule has 0 aromatic rings. The van der Waals surface area contributed by atoms with Crippen molar-refractivity contribution < 1.29 is 9.53 Å². The summed E-state index contributed by atoms with van der Waals surface area (Å²) >= 11 is 0. The molecule has 1 unspecified atom stereocenters. The van der Waals surface area contributed by atoms with Crippen LogP contribution in [0.5, 0.6) is 0 Å². The molecule has 0 saturated carbocycles. The molecule has 0 bridgehead atoms. The summed E-state index contributed by atoms with van der Waals surface area (Å²) in [6.07, 6.45) is 4.12. The lowest BCUT2D eigenvalue weighted by molar-refractivity contribution is -0.138. The molecule has 4 nitrogen and oxygen atoms in total. The maximum absolute atomic E-state index is 12.2. The molecule has 1 amide bonds. The van der Waals surface area contributed by atoms with Gasteiger partial charge in [-0.2, -0.15) is 0 Å². The number of carbonyl (C=O) groups is 1. The molecule has 0 aromatic heterocycles.